The molecule has 7 heteroatoms. The fraction of sp³-hybridized carbons (Fsp3) is 0.0667. The van der Waals surface area contributed by atoms with Crippen LogP contribution in [0.25, 0.3) is 0 Å². The number of nitro benzene ring substituents is 1. The van der Waals surface area contributed by atoms with Gasteiger partial charge in [-0.25, -0.2) is 4.79 Å². The first-order chi connectivity index (χ1) is 10.5. The van der Waals surface area contributed by atoms with E-state index in [0.29, 0.717) is 10.0 Å². The van der Waals surface area contributed by atoms with Gasteiger partial charge in [0, 0.05) is 22.2 Å². The molecule has 0 aliphatic heterocycles. The van der Waals surface area contributed by atoms with Crippen molar-refractivity contribution in [2.45, 2.75) is 0 Å². The Bertz CT molecular complexity index is 727. The number of hydrogen-bond donors (Lipinski definition) is 0. The van der Waals surface area contributed by atoms with Crippen molar-refractivity contribution in [3.63, 3.8) is 0 Å². The molecule has 0 amide bonds. The molecular weight excluding hydrogens is 354 g/mol. The number of benzene rings is 2. The maximum absolute atomic E-state index is 11.9. The summed E-state index contributed by atoms with van der Waals surface area (Å²) >= 11 is 3.22. The zero-order valence-electron chi connectivity index (χ0n) is 11.2. The molecule has 0 saturated carbocycles. The molecule has 0 bridgehead atoms. The first-order valence-corrected chi connectivity index (χ1v) is 6.97. The second-order valence-electron chi connectivity index (χ2n) is 4.28. The third kappa shape index (κ3) is 3.76. The average molecular weight is 364 g/mol. The van der Waals surface area contributed by atoms with Crippen LogP contribution in [0.1, 0.15) is 20.7 Å². The minimum Gasteiger partial charge on any atom is -0.454 e. The number of nitro groups is 1. The molecule has 0 unspecified atom stereocenters. The Balaban J connectivity index is 1.99. The Hall–Kier alpha value is -2.54. The number of hydrogen-bond acceptors (Lipinski definition) is 5. The highest BCUT2D eigenvalue weighted by Crippen LogP contribution is 2.17. The van der Waals surface area contributed by atoms with E-state index in [4.69, 9.17) is 4.74 Å². The third-order valence-corrected chi connectivity index (χ3v) is 3.52. The van der Waals surface area contributed by atoms with Crippen LogP contribution in [0.4, 0.5) is 5.69 Å². The van der Waals surface area contributed by atoms with Crippen molar-refractivity contribution in [3.05, 3.63) is 74.2 Å². The molecule has 0 N–H and O–H groups in total. The molecular formula is C15H10BrNO5. The highest BCUT2D eigenvalue weighted by molar-refractivity contribution is 9.10. The zero-order valence-corrected chi connectivity index (χ0v) is 12.8. The van der Waals surface area contributed by atoms with Crippen LogP contribution in [-0.2, 0) is 4.74 Å². The number of carbonyl (C=O) groups excluding carboxylic acids is 2. The average Bonchev–Trinajstić information content (AvgIpc) is 2.52. The van der Waals surface area contributed by atoms with Gasteiger partial charge in [-0.15, -0.1) is 0 Å². The summed E-state index contributed by atoms with van der Waals surface area (Å²) in [6.45, 7) is -0.433. The molecule has 0 saturated heterocycles. The van der Waals surface area contributed by atoms with E-state index < -0.39 is 23.3 Å². The van der Waals surface area contributed by atoms with E-state index in [-0.39, 0.29) is 11.3 Å². The van der Waals surface area contributed by atoms with E-state index in [0.717, 1.165) is 0 Å². The molecule has 2 rings (SSSR count). The Morgan fingerprint density at radius 3 is 2.32 bits per heavy atom. The lowest BCUT2D eigenvalue weighted by Crippen LogP contribution is -2.14. The number of Topliss-reactive ketones (excluding diaryl/α,β-unsaturated/α-hetero) is 1. The fourth-order valence-electron chi connectivity index (χ4n) is 1.69. The fourth-order valence-corrected chi connectivity index (χ4v) is 2.13. The van der Waals surface area contributed by atoms with Gasteiger partial charge in [-0.3, -0.25) is 14.9 Å². The van der Waals surface area contributed by atoms with Crippen molar-refractivity contribution in [2.24, 2.45) is 0 Å². The van der Waals surface area contributed by atoms with Crippen LogP contribution in [0.15, 0.2) is 53.0 Å². The highest BCUT2D eigenvalue weighted by atomic mass is 79.9. The monoisotopic (exact) mass is 363 g/mol. The molecule has 22 heavy (non-hydrogen) atoms. The molecule has 2 aromatic rings. The van der Waals surface area contributed by atoms with E-state index in [1.54, 1.807) is 24.3 Å². The second kappa shape index (κ2) is 6.95. The van der Waals surface area contributed by atoms with E-state index in [1.807, 2.05) is 0 Å². The summed E-state index contributed by atoms with van der Waals surface area (Å²) < 4.78 is 5.52. The number of rotatable bonds is 5. The number of carbonyl (C=O) groups is 2. The van der Waals surface area contributed by atoms with Crippen LogP contribution in [0.3, 0.4) is 0 Å². The highest BCUT2D eigenvalue weighted by Gasteiger charge is 2.14. The van der Waals surface area contributed by atoms with Crippen molar-refractivity contribution in [2.75, 3.05) is 6.61 Å². The van der Waals surface area contributed by atoms with Gasteiger partial charge in [-0.05, 0) is 40.2 Å². The van der Waals surface area contributed by atoms with Crippen LogP contribution >= 0.6 is 15.9 Å². The summed E-state index contributed by atoms with van der Waals surface area (Å²) in [6, 6.07) is 11.8. The number of ether oxygens (including phenoxy) is 1. The van der Waals surface area contributed by atoms with Gasteiger partial charge in [0.1, 0.15) is 0 Å². The van der Waals surface area contributed by atoms with Crippen molar-refractivity contribution in [1.29, 1.82) is 0 Å². The Labute approximate surface area is 134 Å². The van der Waals surface area contributed by atoms with Crippen LogP contribution in [-0.4, -0.2) is 23.3 Å². The van der Waals surface area contributed by atoms with Gasteiger partial charge in [-0.1, -0.05) is 12.1 Å². The maximum Gasteiger partial charge on any atom is 0.339 e. The van der Waals surface area contributed by atoms with Crippen LogP contribution < -0.4 is 0 Å². The van der Waals surface area contributed by atoms with Crippen LogP contribution in [0.5, 0.6) is 0 Å². The molecule has 0 aliphatic carbocycles. The summed E-state index contributed by atoms with van der Waals surface area (Å²) in [5.41, 5.74) is 0.450. The molecule has 0 aromatic heterocycles. The lowest BCUT2D eigenvalue weighted by molar-refractivity contribution is -0.384. The molecule has 0 radical (unpaired) electrons. The number of esters is 1. The van der Waals surface area contributed by atoms with E-state index in [2.05, 4.69) is 15.9 Å². The van der Waals surface area contributed by atoms with Gasteiger partial charge in [0.05, 0.1) is 10.5 Å². The van der Waals surface area contributed by atoms with Gasteiger partial charge < -0.3 is 4.74 Å². The van der Waals surface area contributed by atoms with E-state index >= 15 is 0 Å². The van der Waals surface area contributed by atoms with Gasteiger partial charge in [0.2, 0.25) is 0 Å². The molecule has 0 fully saturated rings. The lowest BCUT2D eigenvalue weighted by atomic mass is 10.1. The first kappa shape index (κ1) is 15.8. The summed E-state index contributed by atoms with van der Waals surface area (Å²) in [4.78, 5) is 33.7. The molecule has 0 heterocycles. The van der Waals surface area contributed by atoms with E-state index in [1.165, 1.54) is 24.3 Å². The van der Waals surface area contributed by atoms with Crippen LogP contribution in [0.2, 0.25) is 0 Å². The minimum atomic E-state index is -0.622. The van der Waals surface area contributed by atoms with Crippen molar-refractivity contribution in [3.8, 4) is 0 Å². The Morgan fingerprint density at radius 2 is 1.73 bits per heavy atom. The van der Waals surface area contributed by atoms with E-state index in [9.17, 15) is 19.7 Å². The number of halogens is 1. The minimum absolute atomic E-state index is 0.109. The number of nitrogens with zero attached hydrogens (tertiary/aromatic N) is 1. The Kier molecular flexibility index (Phi) is 5.00. The zero-order chi connectivity index (χ0) is 16.1. The number of non-ortho nitro benzene ring substituents is 1. The van der Waals surface area contributed by atoms with Crippen molar-refractivity contribution < 1.29 is 19.2 Å². The molecule has 0 spiro atoms. The normalized spacial score (nSPS) is 10.0. The predicted molar refractivity (Wildman–Crippen MR) is 81.9 cm³/mol. The maximum atomic E-state index is 11.9. The summed E-state index contributed by atoms with van der Waals surface area (Å²) in [7, 11) is 0. The number of ketones is 1. The molecule has 112 valence electrons. The molecule has 2 aromatic carbocycles. The Morgan fingerprint density at radius 1 is 1.09 bits per heavy atom. The summed E-state index contributed by atoms with van der Waals surface area (Å²) in [5, 5.41) is 10.5. The molecule has 6 nitrogen and oxygen atoms in total. The van der Waals surface area contributed by atoms with Gasteiger partial charge in [0.15, 0.2) is 12.4 Å². The molecule has 0 atom stereocenters. The van der Waals surface area contributed by atoms with Gasteiger partial charge in [0.25, 0.3) is 5.69 Å². The van der Waals surface area contributed by atoms with Crippen molar-refractivity contribution >= 4 is 33.4 Å². The topological polar surface area (TPSA) is 86.5 Å². The lowest BCUT2D eigenvalue weighted by Gasteiger charge is -2.05. The standard InChI is InChI=1S/C15H10BrNO5/c16-13-4-2-1-3-12(13)15(19)22-9-14(18)10-5-7-11(8-6-10)17(20)21/h1-8H,9H2. The summed E-state index contributed by atoms with van der Waals surface area (Å²) in [5.74, 6) is -1.06. The van der Waals surface area contributed by atoms with Crippen molar-refractivity contribution in [1.82, 2.24) is 0 Å². The second-order valence-corrected chi connectivity index (χ2v) is 5.14. The van der Waals surface area contributed by atoms with Gasteiger partial charge >= 0.3 is 5.97 Å². The van der Waals surface area contributed by atoms with Crippen LogP contribution in [0, 0.1) is 10.1 Å². The SMILES string of the molecule is O=C(COC(=O)c1ccccc1Br)c1ccc([N+](=O)[O-])cc1. The molecule has 0 aliphatic rings. The smallest absolute Gasteiger partial charge is 0.339 e. The predicted octanol–water partition coefficient (Wildman–Crippen LogP) is 3.40. The van der Waals surface area contributed by atoms with Gasteiger partial charge in [-0.2, -0.15) is 0 Å². The first-order valence-electron chi connectivity index (χ1n) is 6.18. The largest absolute Gasteiger partial charge is 0.454 e. The third-order valence-electron chi connectivity index (χ3n) is 2.83. The quantitative estimate of drug-likeness (QED) is 0.351. The summed E-state index contributed by atoms with van der Waals surface area (Å²) in [6.07, 6.45) is 0.